The van der Waals surface area contributed by atoms with Crippen molar-refractivity contribution >= 4 is 17.3 Å². The van der Waals surface area contributed by atoms with E-state index in [-0.39, 0.29) is 23.0 Å². The van der Waals surface area contributed by atoms with Gasteiger partial charge in [0.25, 0.3) is 11.6 Å². The Labute approximate surface area is 120 Å². The van der Waals surface area contributed by atoms with E-state index in [1.807, 2.05) is 6.92 Å². The Bertz CT molecular complexity index is 654. The number of benzene rings is 1. The number of carbonyl (C=O) groups excluding carboxylic acids is 1. The second kappa shape index (κ2) is 6.04. The predicted molar refractivity (Wildman–Crippen MR) is 76.6 cm³/mol. The van der Waals surface area contributed by atoms with E-state index in [1.54, 1.807) is 12.4 Å². The van der Waals surface area contributed by atoms with Crippen molar-refractivity contribution in [1.29, 1.82) is 0 Å². The van der Waals surface area contributed by atoms with Gasteiger partial charge in [-0.25, -0.2) is 4.98 Å². The fraction of sp³-hybridized carbons (Fsp3) is 0.231. The number of aromatic nitrogens is 2. The molecule has 1 unspecified atom stereocenters. The highest BCUT2D eigenvalue weighted by Gasteiger charge is 2.19. The number of nitrogens with zero attached hydrogens (tertiary/aromatic N) is 2. The Morgan fingerprint density at radius 3 is 2.90 bits per heavy atom. The number of rotatable bonds is 5. The summed E-state index contributed by atoms with van der Waals surface area (Å²) in [7, 11) is 0. The summed E-state index contributed by atoms with van der Waals surface area (Å²) in [5, 5.41) is 13.6. The molecule has 8 heteroatoms. The summed E-state index contributed by atoms with van der Waals surface area (Å²) in [4.78, 5) is 29.4. The van der Waals surface area contributed by atoms with Gasteiger partial charge in [-0.1, -0.05) is 6.92 Å². The molecule has 0 saturated heterocycles. The molecule has 1 heterocycles. The minimum Gasteiger partial charge on any atom is -0.393 e. The molecule has 1 amide bonds. The maximum absolute atomic E-state index is 12.2. The smallest absolute Gasteiger partial charge is 0.292 e. The average molecular weight is 289 g/mol. The Kier molecular flexibility index (Phi) is 4.17. The molecule has 8 nitrogen and oxygen atoms in total. The van der Waals surface area contributed by atoms with E-state index in [0.29, 0.717) is 12.2 Å². The summed E-state index contributed by atoms with van der Waals surface area (Å²) < 4.78 is 0. The van der Waals surface area contributed by atoms with Crippen LogP contribution in [0.5, 0.6) is 0 Å². The molecular weight excluding hydrogens is 274 g/mol. The van der Waals surface area contributed by atoms with Gasteiger partial charge in [-0.15, -0.1) is 0 Å². The first-order valence-corrected chi connectivity index (χ1v) is 6.37. The van der Waals surface area contributed by atoms with Crippen molar-refractivity contribution in [3.63, 3.8) is 0 Å². The average Bonchev–Trinajstić information content (AvgIpc) is 2.98. The van der Waals surface area contributed by atoms with Crippen LogP contribution in [0.4, 0.5) is 11.4 Å². The van der Waals surface area contributed by atoms with Crippen LogP contribution in [0, 0.1) is 10.1 Å². The van der Waals surface area contributed by atoms with Crippen LogP contribution in [0.2, 0.25) is 0 Å². The number of amides is 1. The van der Waals surface area contributed by atoms with Gasteiger partial charge in [-0.3, -0.25) is 14.9 Å². The Morgan fingerprint density at radius 2 is 2.33 bits per heavy atom. The molecule has 0 aliphatic carbocycles. The second-order valence-corrected chi connectivity index (χ2v) is 4.44. The number of nitrogen functional groups attached to an aromatic ring is 1. The first-order chi connectivity index (χ1) is 10.0. The number of carbonyl (C=O) groups is 1. The number of nitro benzene ring substituents is 1. The Morgan fingerprint density at radius 1 is 1.57 bits per heavy atom. The lowest BCUT2D eigenvalue weighted by atomic mass is 10.1. The number of aromatic amines is 1. The van der Waals surface area contributed by atoms with Crippen molar-refractivity contribution in [1.82, 2.24) is 15.3 Å². The molecule has 2 aromatic rings. The number of H-pyrrole nitrogens is 1. The molecule has 2 rings (SSSR count). The maximum Gasteiger partial charge on any atom is 0.292 e. The zero-order valence-electron chi connectivity index (χ0n) is 11.4. The minimum absolute atomic E-state index is 0.0228. The van der Waals surface area contributed by atoms with Crippen molar-refractivity contribution in [3.8, 4) is 0 Å². The zero-order chi connectivity index (χ0) is 15.4. The summed E-state index contributed by atoms with van der Waals surface area (Å²) in [6.45, 7) is 1.90. The van der Waals surface area contributed by atoms with Crippen LogP contribution in [0.25, 0.3) is 0 Å². The topological polar surface area (TPSA) is 127 Å². The first-order valence-electron chi connectivity index (χ1n) is 6.37. The van der Waals surface area contributed by atoms with Crippen LogP contribution in [0.1, 0.15) is 35.6 Å². The summed E-state index contributed by atoms with van der Waals surface area (Å²) in [6.07, 6.45) is 3.90. The molecular formula is C13H15N5O3. The number of hydrogen-bond acceptors (Lipinski definition) is 5. The van der Waals surface area contributed by atoms with E-state index in [2.05, 4.69) is 15.3 Å². The first kappa shape index (κ1) is 14.5. The molecule has 21 heavy (non-hydrogen) atoms. The lowest BCUT2D eigenvalue weighted by Crippen LogP contribution is -2.29. The van der Waals surface area contributed by atoms with Crippen LogP contribution in [-0.4, -0.2) is 20.8 Å². The molecule has 0 saturated carbocycles. The zero-order valence-corrected chi connectivity index (χ0v) is 11.4. The fourth-order valence-electron chi connectivity index (χ4n) is 1.92. The van der Waals surface area contributed by atoms with E-state index >= 15 is 0 Å². The molecule has 1 aromatic carbocycles. The molecule has 0 bridgehead atoms. The number of nitro groups is 1. The molecule has 0 spiro atoms. The van der Waals surface area contributed by atoms with Crippen molar-refractivity contribution in [2.75, 3.05) is 5.73 Å². The highest BCUT2D eigenvalue weighted by atomic mass is 16.6. The van der Waals surface area contributed by atoms with Crippen LogP contribution in [-0.2, 0) is 0 Å². The van der Waals surface area contributed by atoms with Crippen molar-refractivity contribution in [2.45, 2.75) is 19.4 Å². The van der Waals surface area contributed by atoms with Gasteiger partial charge in [-0.2, -0.15) is 0 Å². The van der Waals surface area contributed by atoms with E-state index in [1.165, 1.54) is 18.2 Å². The molecule has 110 valence electrons. The van der Waals surface area contributed by atoms with Gasteiger partial charge >= 0.3 is 0 Å². The van der Waals surface area contributed by atoms with Gasteiger partial charge in [0.1, 0.15) is 11.5 Å². The molecule has 4 N–H and O–H groups in total. The van der Waals surface area contributed by atoms with E-state index in [9.17, 15) is 14.9 Å². The van der Waals surface area contributed by atoms with Crippen LogP contribution in [0.3, 0.4) is 0 Å². The van der Waals surface area contributed by atoms with Crippen molar-refractivity contribution in [2.24, 2.45) is 0 Å². The monoisotopic (exact) mass is 289 g/mol. The SMILES string of the molecule is CCC(NC(=O)c1ccc(N)c([N+](=O)[O-])c1)c1ncc[nH]1. The Balaban J connectivity index is 2.20. The molecule has 0 aliphatic heterocycles. The number of imidazole rings is 1. The number of hydrogen-bond donors (Lipinski definition) is 3. The second-order valence-electron chi connectivity index (χ2n) is 4.44. The third-order valence-electron chi connectivity index (χ3n) is 3.05. The molecule has 1 aromatic heterocycles. The van der Waals surface area contributed by atoms with Gasteiger partial charge < -0.3 is 16.0 Å². The number of nitrogens with two attached hydrogens (primary N) is 1. The molecule has 0 radical (unpaired) electrons. The normalized spacial score (nSPS) is 11.9. The van der Waals surface area contributed by atoms with Crippen LogP contribution >= 0.6 is 0 Å². The molecule has 0 aliphatic rings. The predicted octanol–water partition coefficient (Wildman–Crippen LogP) is 1.78. The van der Waals surface area contributed by atoms with E-state index in [0.717, 1.165) is 0 Å². The van der Waals surface area contributed by atoms with Gasteiger partial charge in [0.05, 0.1) is 11.0 Å². The van der Waals surface area contributed by atoms with Crippen molar-refractivity contribution < 1.29 is 9.72 Å². The van der Waals surface area contributed by atoms with Crippen LogP contribution < -0.4 is 11.1 Å². The fourth-order valence-corrected chi connectivity index (χ4v) is 1.92. The largest absolute Gasteiger partial charge is 0.393 e. The third kappa shape index (κ3) is 3.16. The number of nitrogens with one attached hydrogen (secondary N) is 2. The highest BCUT2D eigenvalue weighted by Crippen LogP contribution is 2.23. The highest BCUT2D eigenvalue weighted by molar-refractivity contribution is 5.95. The number of anilines is 1. The van der Waals surface area contributed by atoms with E-state index in [4.69, 9.17) is 5.73 Å². The summed E-state index contributed by atoms with van der Waals surface area (Å²) in [5.41, 5.74) is 5.43. The van der Waals surface area contributed by atoms with Gasteiger partial charge in [0, 0.05) is 24.0 Å². The summed E-state index contributed by atoms with van der Waals surface area (Å²) in [5.74, 6) is 0.220. The lowest BCUT2D eigenvalue weighted by molar-refractivity contribution is -0.383. The lowest BCUT2D eigenvalue weighted by Gasteiger charge is -2.14. The summed E-state index contributed by atoms with van der Waals surface area (Å²) in [6, 6.07) is 3.68. The van der Waals surface area contributed by atoms with Gasteiger partial charge in [0.2, 0.25) is 0 Å². The molecule has 0 fully saturated rings. The minimum atomic E-state index is -0.615. The Hall–Kier alpha value is -2.90. The van der Waals surface area contributed by atoms with Crippen LogP contribution in [0.15, 0.2) is 30.6 Å². The summed E-state index contributed by atoms with van der Waals surface area (Å²) >= 11 is 0. The van der Waals surface area contributed by atoms with Gasteiger partial charge in [-0.05, 0) is 18.6 Å². The molecule has 1 atom stereocenters. The standard InChI is InChI=1S/C13H15N5O3/c1-2-10(12-15-5-6-16-12)17-13(19)8-3-4-9(14)11(7-8)18(20)21/h3-7,10H,2,14H2,1H3,(H,15,16)(H,17,19). The quantitative estimate of drug-likeness (QED) is 0.439. The van der Waals surface area contributed by atoms with E-state index < -0.39 is 10.8 Å². The third-order valence-corrected chi connectivity index (χ3v) is 3.05. The van der Waals surface area contributed by atoms with Crippen molar-refractivity contribution in [3.05, 3.63) is 52.1 Å². The van der Waals surface area contributed by atoms with Gasteiger partial charge in [0.15, 0.2) is 0 Å². The maximum atomic E-state index is 12.2.